The minimum absolute atomic E-state index is 0.0260. The molecule has 2 fully saturated rings. The summed E-state index contributed by atoms with van der Waals surface area (Å²) in [5, 5.41) is 9.46. The molecule has 0 bridgehead atoms. The van der Waals surface area contributed by atoms with Crippen LogP contribution in [0.4, 0.5) is 13.2 Å². The van der Waals surface area contributed by atoms with Gasteiger partial charge in [0, 0.05) is 0 Å². The zero-order chi connectivity index (χ0) is 22.2. The van der Waals surface area contributed by atoms with E-state index in [0.29, 0.717) is 17.8 Å². The number of aliphatic hydroxyl groups is 1. The van der Waals surface area contributed by atoms with Crippen molar-refractivity contribution < 1.29 is 18.3 Å². The molecule has 31 heavy (non-hydrogen) atoms. The molecule has 4 rings (SSSR count). The number of unbranched alkanes of at least 4 members (excludes halogenated alkanes) is 1. The summed E-state index contributed by atoms with van der Waals surface area (Å²) in [6.45, 7) is 6.84. The Morgan fingerprint density at radius 2 is 2.00 bits per heavy atom. The fourth-order valence-electron chi connectivity index (χ4n) is 7.26. The molecule has 2 saturated carbocycles. The van der Waals surface area contributed by atoms with Gasteiger partial charge in [-0.25, -0.2) is 4.39 Å². The van der Waals surface area contributed by atoms with E-state index in [-0.39, 0.29) is 11.8 Å². The highest BCUT2D eigenvalue weighted by molar-refractivity contribution is 5.41. The molecule has 1 nitrogen and oxygen atoms in total. The van der Waals surface area contributed by atoms with Gasteiger partial charge in [-0.3, -0.25) is 0 Å². The summed E-state index contributed by atoms with van der Waals surface area (Å²) in [6.07, 6.45) is 9.18. The van der Waals surface area contributed by atoms with Gasteiger partial charge in [0.05, 0.1) is 0 Å². The van der Waals surface area contributed by atoms with Crippen molar-refractivity contribution >= 4 is 0 Å². The predicted molar refractivity (Wildman–Crippen MR) is 119 cm³/mol. The van der Waals surface area contributed by atoms with Crippen molar-refractivity contribution in [3.8, 4) is 0 Å². The van der Waals surface area contributed by atoms with Crippen molar-refractivity contribution in [3.63, 3.8) is 0 Å². The molecule has 1 unspecified atom stereocenters. The number of hydrogen-bond acceptors (Lipinski definition) is 1. The van der Waals surface area contributed by atoms with Gasteiger partial charge in [-0.05, 0) is 97.1 Å². The summed E-state index contributed by atoms with van der Waals surface area (Å²) in [6, 6.07) is 6.85. The Bertz CT molecular complexity index is 858. The summed E-state index contributed by atoms with van der Waals surface area (Å²) in [4.78, 5) is 0. The summed E-state index contributed by atoms with van der Waals surface area (Å²) < 4.78 is 37.5. The van der Waals surface area contributed by atoms with E-state index in [1.54, 1.807) is 0 Å². The lowest BCUT2D eigenvalue weighted by Gasteiger charge is -2.56. The zero-order valence-corrected chi connectivity index (χ0v) is 18.6. The molecule has 0 aromatic heterocycles. The number of aryl methyl sites for hydroxylation is 2. The van der Waals surface area contributed by atoms with Crippen LogP contribution < -0.4 is 0 Å². The molecule has 0 saturated heterocycles. The Kier molecular flexibility index (Phi) is 6.40. The lowest BCUT2D eigenvalue weighted by atomic mass is 9.47. The van der Waals surface area contributed by atoms with Crippen LogP contribution in [-0.4, -0.2) is 11.2 Å². The van der Waals surface area contributed by atoms with Crippen molar-refractivity contribution in [2.75, 3.05) is 0 Å². The third-order valence-electron chi connectivity index (χ3n) is 8.84. The van der Waals surface area contributed by atoms with Crippen LogP contribution in [0, 0.1) is 16.7 Å². The molecule has 3 aliphatic carbocycles. The smallest absolute Gasteiger partial charge is 0.304 e. The van der Waals surface area contributed by atoms with Crippen molar-refractivity contribution in [3.05, 3.63) is 59.5 Å². The van der Waals surface area contributed by atoms with E-state index in [4.69, 9.17) is 0 Å². The molecule has 1 aromatic rings. The normalized spacial score (nSPS) is 32.5. The summed E-state index contributed by atoms with van der Waals surface area (Å²) in [7, 11) is 0. The number of fused-ring (bicyclic) bond motifs is 5. The first-order chi connectivity index (χ1) is 14.8. The molecule has 0 heterocycles. The second-order valence-electron chi connectivity index (χ2n) is 10.4. The van der Waals surface area contributed by atoms with E-state index in [2.05, 4.69) is 37.8 Å². The molecule has 1 N–H and O–H groups in total. The minimum atomic E-state index is -2.42. The largest absolute Gasteiger partial charge is 0.386 e. The van der Waals surface area contributed by atoms with Gasteiger partial charge in [-0.2, -0.15) is 8.78 Å². The van der Waals surface area contributed by atoms with Crippen LogP contribution in [0.15, 0.2) is 42.8 Å². The van der Waals surface area contributed by atoms with Crippen LogP contribution in [0.1, 0.15) is 87.3 Å². The number of aliphatic hydroxyl groups excluding tert-OH is 1. The highest BCUT2D eigenvalue weighted by Gasteiger charge is 2.57. The fraction of sp³-hybridized carbons (Fsp3) is 0.630. The maximum atomic E-state index is 13.0. The predicted octanol–water partition coefficient (Wildman–Crippen LogP) is 7.64. The molecule has 4 heteroatoms. The van der Waals surface area contributed by atoms with Gasteiger partial charge in [0.1, 0.15) is 6.10 Å². The van der Waals surface area contributed by atoms with Crippen LogP contribution in [0.25, 0.3) is 0 Å². The number of hydrogen-bond donors (Lipinski definition) is 1. The summed E-state index contributed by atoms with van der Waals surface area (Å²) >= 11 is 0. The third-order valence-corrected chi connectivity index (χ3v) is 8.84. The number of allylic oxidation sites excluding steroid dienone is 1. The highest BCUT2D eigenvalue weighted by Crippen LogP contribution is 2.67. The molecule has 170 valence electrons. The Morgan fingerprint density at radius 1 is 1.19 bits per heavy atom. The molecule has 0 amide bonds. The van der Waals surface area contributed by atoms with Gasteiger partial charge in [0.2, 0.25) is 0 Å². The molecule has 5 atom stereocenters. The topological polar surface area (TPSA) is 20.2 Å². The Morgan fingerprint density at radius 3 is 2.74 bits per heavy atom. The van der Waals surface area contributed by atoms with Crippen LogP contribution in [-0.2, 0) is 12.8 Å². The summed E-state index contributed by atoms with van der Waals surface area (Å²) in [5.41, 5.74) is 4.91. The van der Waals surface area contributed by atoms with Gasteiger partial charge >= 0.3 is 6.08 Å². The average Bonchev–Trinajstić information content (AvgIpc) is 3.17. The zero-order valence-electron chi connectivity index (χ0n) is 18.6. The first-order valence-corrected chi connectivity index (χ1v) is 11.9. The van der Waals surface area contributed by atoms with Gasteiger partial charge in [-0.1, -0.05) is 44.0 Å². The third kappa shape index (κ3) is 4.01. The quantitative estimate of drug-likeness (QED) is 0.347. The maximum absolute atomic E-state index is 13.0. The van der Waals surface area contributed by atoms with Gasteiger partial charge in [-0.15, -0.1) is 6.58 Å². The lowest BCUT2D eigenvalue weighted by Crippen LogP contribution is -2.47. The van der Waals surface area contributed by atoms with Gasteiger partial charge in [0.25, 0.3) is 0 Å². The van der Waals surface area contributed by atoms with Gasteiger partial charge in [0.15, 0.2) is 5.83 Å². The van der Waals surface area contributed by atoms with Crippen LogP contribution in [0.3, 0.4) is 0 Å². The highest BCUT2D eigenvalue weighted by atomic mass is 19.3. The van der Waals surface area contributed by atoms with E-state index in [1.807, 2.05) is 0 Å². The van der Waals surface area contributed by atoms with E-state index in [0.717, 1.165) is 25.2 Å². The monoisotopic (exact) mass is 432 g/mol. The van der Waals surface area contributed by atoms with E-state index < -0.39 is 18.0 Å². The molecule has 0 spiro atoms. The first-order valence-electron chi connectivity index (χ1n) is 11.9. The SMILES string of the molecule is C=C[C@@]12CCc3cc(CCCCC(O)C(F)=C(F)F)ccc3[C@H]1CC[C@]1(C)CCC[C@H]12. The Hall–Kier alpha value is -1.55. The van der Waals surface area contributed by atoms with Crippen molar-refractivity contribution in [2.45, 2.75) is 89.6 Å². The number of benzene rings is 1. The van der Waals surface area contributed by atoms with Crippen LogP contribution in [0.5, 0.6) is 0 Å². The molecule has 3 aliphatic rings. The second kappa shape index (κ2) is 8.77. The summed E-state index contributed by atoms with van der Waals surface area (Å²) in [5.74, 6) is -0.371. The van der Waals surface area contributed by atoms with E-state index >= 15 is 0 Å². The molecule has 0 radical (unpaired) electrons. The Labute approximate surface area is 184 Å². The number of rotatable bonds is 7. The first kappa shape index (κ1) is 22.6. The Balaban J connectivity index is 1.43. The van der Waals surface area contributed by atoms with E-state index in [9.17, 15) is 18.3 Å². The van der Waals surface area contributed by atoms with E-state index in [1.165, 1.54) is 55.2 Å². The fourth-order valence-corrected chi connectivity index (χ4v) is 7.26. The molecular formula is C27H35F3O. The molecule has 1 aromatic carbocycles. The second-order valence-corrected chi connectivity index (χ2v) is 10.4. The van der Waals surface area contributed by atoms with Gasteiger partial charge < -0.3 is 5.11 Å². The maximum Gasteiger partial charge on any atom is 0.304 e. The molecule has 0 aliphatic heterocycles. The minimum Gasteiger partial charge on any atom is -0.386 e. The van der Waals surface area contributed by atoms with Crippen molar-refractivity contribution in [1.82, 2.24) is 0 Å². The van der Waals surface area contributed by atoms with Crippen molar-refractivity contribution in [1.29, 1.82) is 0 Å². The van der Waals surface area contributed by atoms with Crippen molar-refractivity contribution in [2.24, 2.45) is 16.7 Å². The number of halogens is 3. The van der Waals surface area contributed by atoms with Crippen LogP contribution >= 0.6 is 0 Å². The van der Waals surface area contributed by atoms with Crippen LogP contribution in [0.2, 0.25) is 0 Å². The standard InChI is InChI=1S/C27H35F3O/c1-3-27-16-12-19-17-18(7-4-5-8-22(31)24(28)25(29)30)10-11-20(19)21(27)13-15-26(2)14-6-9-23(26)27/h3,10-11,17,21-23,31H,1,4-9,12-16H2,2H3/t21-,22?,23-,26+,27-/m1/s1. The average molecular weight is 433 g/mol. The lowest BCUT2D eigenvalue weighted by molar-refractivity contribution is 0.00459. The molecular weight excluding hydrogens is 397 g/mol.